The Labute approximate surface area is 283 Å². The van der Waals surface area contributed by atoms with Crippen molar-refractivity contribution in [1.29, 1.82) is 5.26 Å². The highest BCUT2D eigenvalue weighted by atomic mass is 15.2. The molecule has 1 aromatic heterocycles. The van der Waals surface area contributed by atoms with Crippen molar-refractivity contribution in [3.8, 4) is 22.9 Å². The van der Waals surface area contributed by atoms with Crippen LogP contribution in [0, 0.1) is 17.9 Å². The Bertz CT molecular complexity index is 2620. The Morgan fingerprint density at radius 2 is 0.980 bits per heavy atom. The number of para-hydroxylation sites is 4. The van der Waals surface area contributed by atoms with Gasteiger partial charge in [0.15, 0.2) is 0 Å². The van der Waals surface area contributed by atoms with Crippen LogP contribution in [0.3, 0.4) is 0 Å². The van der Waals surface area contributed by atoms with Crippen molar-refractivity contribution in [3.63, 3.8) is 0 Å². The van der Waals surface area contributed by atoms with Crippen molar-refractivity contribution in [2.24, 2.45) is 0 Å². The maximum atomic E-state index is 10.7. The van der Waals surface area contributed by atoms with Gasteiger partial charge in [-0.1, -0.05) is 121 Å². The molecule has 10 rings (SSSR count). The third-order valence-corrected chi connectivity index (χ3v) is 10.4. The number of nitriles is 1. The lowest BCUT2D eigenvalue weighted by Gasteiger charge is -2.45. The molecule has 1 aliphatic carbocycles. The van der Waals surface area contributed by atoms with Crippen LogP contribution < -0.4 is 4.90 Å². The first-order chi connectivity index (χ1) is 24.3. The van der Waals surface area contributed by atoms with Crippen molar-refractivity contribution >= 4 is 44.6 Å². The average Bonchev–Trinajstić information content (AvgIpc) is 3.66. The fraction of sp³-hybridized carbons (Fsp3) is 0.0222. The second-order valence-corrected chi connectivity index (χ2v) is 12.7. The summed E-state index contributed by atoms with van der Waals surface area (Å²) in [6.07, 6.45) is 0. The van der Waals surface area contributed by atoms with E-state index in [2.05, 4.69) is 154 Å². The van der Waals surface area contributed by atoms with E-state index in [4.69, 9.17) is 6.57 Å². The zero-order valence-corrected chi connectivity index (χ0v) is 26.3. The molecule has 0 saturated carbocycles. The van der Waals surface area contributed by atoms with Gasteiger partial charge in [0.05, 0.1) is 57.4 Å². The molecule has 0 radical (unpaired) electrons. The molecule has 8 aromatic rings. The Balaban J connectivity index is 1.31. The van der Waals surface area contributed by atoms with E-state index < -0.39 is 5.41 Å². The molecule has 0 fully saturated rings. The molecule has 0 saturated heterocycles. The molecule has 2 heterocycles. The summed E-state index contributed by atoms with van der Waals surface area (Å²) in [6, 6.07) is 57.6. The highest BCUT2D eigenvalue weighted by Crippen LogP contribution is 2.63. The first kappa shape index (κ1) is 27.3. The predicted molar refractivity (Wildman–Crippen MR) is 197 cm³/mol. The maximum Gasteiger partial charge on any atom is 0.212 e. The quantitative estimate of drug-likeness (QED) is 0.180. The van der Waals surface area contributed by atoms with Crippen LogP contribution in [-0.2, 0) is 5.41 Å². The summed E-state index contributed by atoms with van der Waals surface area (Å²) in [5, 5.41) is 12.9. The second kappa shape index (κ2) is 10.1. The van der Waals surface area contributed by atoms with E-state index in [1.54, 1.807) is 6.07 Å². The van der Waals surface area contributed by atoms with Gasteiger partial charge in [-0.25, -0.2) is 4.85 Å². The topological polar surface area (TPSA) is 36.3 Å². The zero-order chi connectivity index (χ0) is 32.7. The number of hydrogen-bond donors (Lipinski definition) is 0. The lowest BCUT2D eigenvalue weighted by atomic mass is 9.64. The Morgan fingerprint density at radius 1 is 0.510 bits per heavy atom. The third-order valence-electron chi connectivity index (χ3n) is 10.4. The fourth-order valence-corrected chi connectivity index (χ4v) is 8.61. The van der Waals surface area contributed by atoms with Gasteiger partial charge in [-0.2, -0.15) is 5.26 Å². The number of aromatic nitrogens is 1. The average molecular weight is 623 g/mol. The van der Waals surface area contributed by atoms with E-state index in [1.807, 2.05) is 18.2 Å². The van der Waals surface area contributed by atoms with Crippen molar-refractivity contribution in [3.05, 3.63) is 197 Å². The second-order valence-electron chi connectivity index (χ2n) is 12.7. The molecular formula is C45H26N4. The van der Waals surface area contributed by atoms with Crippen LogP contribution >= 0.6 is 0 Å². The molecule has 1 aliphatic heterocycles. The molecule has 0 bridgehead atoms. The Kier molecular flexibility index (Phi) is 5.59. The molecular weight excluding hydrogens is 597 g/mol. The van der Waals surface area contributed by atoms with E-state index >= 15 is 0 Å². The first-order valence-electron chi connectivity index (χ1n) is 16.4. The summed E-state index contributed by atoms with van der Waals surface area (Å²) in [6.45, 7) is 8.26. The molecule has 1 spiro atoms. The van der Waals surface area contributed by atoms with Crippen molar-refractivity contribution in [1.82, 2.24) is 4.57 Å². The van der Waals surface area contributed by atoms with E-state index in [0.717, 1.165) is 55.7 Å². The standard InChI is InChI=1S/C45H26N4/c1-47-38-26-29(28-46)43(27-44(38)48-39-22-10-4-16-32(39)33-17-5-11-23-40(33)48)49-41-24-12-8-20-36(41)45(37-21-9-13-25-42(37)49)34-18-6-2-14-30(34)31-15-3-7-19-35(31)45/h2-27H. The number of anilines is 3. The molecule has 0 N–H and O–H groups in total. The minimum absolute atomic E-state index is 0.431. The summed E-state index contributed by atoms with van der Waals surface area (Å²) < 4.78 is 2.18. The number of rotatable bonds is 2. The number of hydrogen-bond acceptors (Lipinski definition) is 2. The number of nitrogens with zero attached hydrogens (tertiary/aromatic N) is 4. The SMILES string of the molecule is [C-]#[N+]c1cc(C#N)c(N2c3ccccc3C3(c4ccccc4-c4ccccc43)c3ccccc32)cc1-n1c2ccccc2c2ccccc21. The molecule has 7 aromatic carbocycles. The lowest BCUT2D eigenvalue weighted by Crippen LogP contribution is -2.36. The van der Waals surface area contributed by atoms with E-state index in [9.17, 15) is 5.26 Å². The van der Waals surface area contributed by atoms with E-state index in [0.29, 0.717) is 11.3 Å². The van der Waals surface area contributed by atoms with E-state index in [1.165, 1.54) is 22.3 Å². The summed E-state index contributed by atoms with van der Waals surface area (Å²) >= 11 is 0. The highest BCUT2D eigenvalue weighted by Gasteiger charge is 2.51. The van der Waals surface area contributed by atoms with Crippen molar-refractivity contribution in [2.75, 3.05) is 4.90 Å². The van der Waals surface area contributed by atoms with Crippen LogP contribution in [0.25, 0.3) is 43.5 Å². The summed E-state index contributed by atoms with van der Waals surface area (Å²) in [5.74, 6) is 0. The minimum atomic E-state index is -0.546. The highest BCUT2D eigenvalue weighted by molar-refractivity contribution is 6.10. The van der Waals surface area contributed by atoms with Crippen molar-refractivity contribution in [2.45, 2.75) is 5.41 Å². The summed E-state index contributed by atoms with van der Waals surface area (Å²) in [7, 11) is 0. The molecule has 4 heteroatoms. The molecule has 49 heavy (non-hydrogen) atoms. The Hall–Kier alpha value is -6.88. The van der Waals surface area contributed by atoms with Gasteiger partial charge >= 0.3 is 0 Å². The van der Waals surface area contributed by atoms with Crippen LogP contribution in [-0.4, -0.2) is 4.57 Å². The summed E-state index contributed by atoms with van der Waals surface area (Å²) in [4.78, 5) is 6.23. The van der Waals surface area contributed by atoms with Gasteiger partial charge in [-0.15, -0.1) is 0 Å². The van der Waals surface area contributed by atoms with Crippen LogP contribution in [0.2, 0.25) is 0 Å². The van der Waals surface area contributed by atoms with Crippen LogP contribution in [0.4, 0.5) is 22.7 Å². The smallest absolute Gasteiger partial charge is 0.212 e. The van der Waals surface area contributed by atoms with Gasteiger partial charge < -0.3 is 9.47 Å². The van der Waals surface area contributed by atoms with Gasteiger partial charge in [-0.3, -0.25) is 0 Å². The third kappa shape index (κ3) is 3.45. The van der Waals surface area contributed by atoms with Gasteiger partial charge in [-0.05, 0) is 69.8 Å². The molecule has 226 valence electrons. The zero-order valence-electron chi connectivity index (χ0n) is 26.3. The molecule has 0 atom stereocenters. The van der Waals surface area contributed by atoms with Gasteiger partial charge in [0, 0.05) is 10.8 Å². The van der Waals surface area contributed by atoms with Crippen LogP contribution in [0.1, 0.15) is 27.8 Å². The van der Waals surface area contributed by atoms with Crippen LogP contribution in [0.15, 0.2) is 158 Å². The molecule has 2 aliphatic rings. The monoisotopic (exact) mass is 622 g/mol. The molecule has 0 amide bonds. The summed E-state index contributed by atoms with van der Waals surface area (Å²) in [5.41, 5.74) is 13.2. The minimum Gasteiger partial charge on any atom is -0.319 e. The largest absolute Gasteiger partial charge is 0.319 e. The lowest BCUT2D eigenvalue weighted by molar-refractivity contribution is 0.752. The van der Waals surface area contributed by atoms with Gasteiger partial charge in [0.2, 0.25) is 5.69 Å². The van der Waals surface area contributed by atoms with Crippen molar-refractivity contribution < 1.29 is 0 Å². The number of benzene rings is 7. The first-order valence-corrected chi connectivity index (χ1v) is 16.4. The maximum absolute atomic E-state index is 10.7. The van der Waals surface area contributed by atoms with E-state index in [-0.39, 0.29) is 0 Å². The molecule has 4 nitrogen and oxygen atoms in total. The Morgan fingerprint density at radius 3 is 1.51 bits per heavy atom. The van der Waals surface area contributed by atoms with Gasteiger partial charge in [0.25, 0.3) is 0 Å². The van der Waals surface area contributed by atoms with Crippen LogP contribution in [0.5, 0.6) is 0 Å². The predicted octanol–water partition coefficient (Wildman–Crippen LogP) is 11.4. The molecule has 0 unspecified atom stereocenters. The van der Waals surface area contributed by atoms with Gasteiger partial charge in [0.1, 0.15) is 0 Å². The number of fused-ring (bicyclic) bond motifs is 12. The fourth-order valence-electron chi connectivity index (χ4n) is 8.61. The normalized spacial score (nSPS) is 13.4.